The van der Waals surface area contributed by atoms with Crippen molar-refractivity contribution in [3.8, 4) is 11.8 Å². The van der Waals surface area contributed by atoms with E-state index in [-0.39, 0.29) is 62.8 Å². The van der Waals surface area contributed by atoms with Crippen LogP contribution in [0.2, 0.25) is 0 Å². The molecular weight excluding hydrogens is 185 g/mol. The van der Waals surface area contributed by atoms with Crippen molar-refractivity contribution in [2.75, 3.05) is 0 Å². The normalized spacial score (nSPS) is 8.75. The summed E-state index contributed by atoms with van der Waals surface area (Å²) >= 11 is 0. The molecule has 2 N–H and O–H groups in total. The summed E-state index contributed by atoms with van der Waals surface area (Å²) in [5.41, 5.74) is 0.618. The molecule has 0 aliphatic heterocycles. The summed E-state index contributed by atoms with van der Waals surface area (Å²) < 4.78 is 0. The molecule has 0 fully saturated rings. The molecule has 1 heterocycles. The monoisotopic (exact) mass is 193 g/mol. The zero-order valence-corrected chi connectivity index (χ0v) is 5.90. The number of carbonyl (C=O) groups excluding carboxylic acids is 1. The van der Waals surface area contributed by atoms with E-state index in [1.165, 1.54) is 6.07 Å². The molecule has 1 aromatic heterocycles. The molecule has 4 nitrogen and oxygen atoms in total. The van der Waals surface area contributed by atoms with E-state index in [0.717, 1.165) is 0 Å². The maximum absolute atomic E-state index is 10.3. The fourth-order valence-electron chi connectivity index (χ4n) is 0.794. The van der Waals surface area contributed by atoms with Gasteiger partial charge in [0.1, 0.15) is 0 Å². The van der Waals surface area contributed by atoms with E-state index >= 15 is 0 Å². The zero-order valence-electron chi connectivity index (χ0n) is 5.90. The van der Waals surface area contributed by atoms with Crippen LogP contribution in [0.5, 0.6) is 11.8 Å². The minimum absolute atomic E-state index is 0. The third kappa shape index (κ3) is 2.53. The molecule has 60 valence electrons. The molecule has 1 aromatic rings. The van der Waals surface area contributed by atoms with Gasteiger partial charge in [0.2, 0.25) is 11.8 Å². The summed E-state index contributed by atoms with van der Waals surface area (Å²) in [6.45, 7) is 1.60. The van der Waals surface area contributed by atoms with E-state index in [4.69, 9.17) is 10.2 Å². The average molecular weight is 193 g/mol. The van der Waals surface area contributed by atoms with Gasteiger partial charge in [-0.05, 0) is 12.5 Å². The van der Waals surface area contributed by atoms with E-state index in [1.807, 2.05) is 0 Å². The van der Waals surface area contributed by atoms with Crippen LogP contribution in [0.4, 0.5) is 0 Å². The second kappa shape index (κ2) is 4.93. The quantitative estimate of drug-likeness (QED) is 0.485. The van der Waals surface area contributed by atoms with Crippen LogP contribution in [0.1, 0.15) is 15.9 Å². The van der Waals surface area contributed by atoms with Gasteiger partial charge >= 0.3 is 51.4 Å². The van der Waals surface area contributed by atoms with Crippen molar-refractivity contribution >= 4 is 57.7 Å². The van der Waals surface area contributed by atoms with Gasteiger partial charge in [0.25, 0.3) is 0 Å². The molecule has 0 aromatic carbocycles. The van der Waals surface area contributed by atoms with Crippen molar-refractivity contribution < 1.29 is 15.0 Å². The maximum atomic E-state index is 10.3. The van der Waals surface area contributed by atoms with Crippen LogP contribution in [0.3, 0.4) is 0 Å². The molecule has 0 amide bonds. The number of hydrogen-bond acceptors (Lipinski definition) is 4. The standard InChI is InChI=1S/C7H7NO3.K.H/c1-4-2-6(10)8-7(11)5(4)3-9;;/h2-3H,1H3,(H2,8,10,11);;. The first-order valence-electron chi connectivity index (χ1n) is 3.00. The number of nitrogens with zero attached hydrogens (tertiary/aromatic N) is 1. The van der Waals surface area contributed by atoms with E-state index in [9.17, 15) is 4.79 Å². The van der Waals surface area contributed by atoms with Crippen LogP contribution in [-0.4, -0.2) is 72.9 Å². The van der Waals surface area contributed by atoms with Gasteiger partial charge in [0.15, 0.2) is 6.29 Å². The van der Waals surface area contributed by atoms with Gasteiger partial charge in [-0.15, -0.1) is 0 Å². The van der Waals surface area contributed by atoms with Gasteiger partial charge in [-0.2, -0.15) is 4.98 Å². The Bertz CT molecular complexity index is 278. The first kappa shape index (κ1) is 12.1. The molecule has 0 atom stereocenters. The van der Waals surface area contributed by atoms with E-state index in [2.05, 4.69) is 4.98 Å². The summed E-state index contributed by atoms with van der Waals surface area (Å²) in [6.07, 6.45) is 0.497. The number of aryl methyl sites for hydroxylation is 1. The number of aromatic hydroxyl groups is 2. The van der Waals surface area contributed by atoms with Crippen molar-refractivity contribution in [3.63, 3.8) is 0 Å². The Morgan fingerprint density at radius 1 is 1.50 bits per heavy atom. The van der Waals surface area contributed by atoms with Gasteiger partial charge < -0.3 is 10.2 Å². The Morgan fingerprint density at radius 2 is 2.08 bits per heavy atom. The minimum atomic E-state index is -0.433. The number of hydrogen-bond donors (Lipinski definition) is 2. The Morgan fingerprint density at radius 3 is 2.50 bits per heavy atom. The number of carbonyl (C=O) groups is 1. The molecule has 12 heavy (non-hydrogen) atoms. The molecule has 0 unspecified atom stereocenters. The van der Waals surface area contributed by atoms with Gasteiger partial charge in [-0.25, -0.2) is 0 Å². The molecule has 0 spiro atoms. The second-order valence-corrected chi connectivity index (χ2v) is 2.15. The van der Waals surface area contributed by atoms with E-state index in [1.54, 1.807) is 6.92 Å². The van der Waals surface area contributed by atoms with Crippen LogP contribution in [0.15, 0.2) is 6.07 Å². The molecular formula is C7H8KNO3. The van der Waals surface area contributed by atoms with Crippen molar-refractivity contribution in [3.05, 3.63) is 17.2 Å². The third-order valence-corrected chi connectivity index (χ3v) is 1.35. The summed E-state index contributed by atoms with van der Waals surface area (Å²) in [5.74, 6) is -0.719. The molecule has 0 saturated heterocycles. The third-order valence-electron chi connectivity index (χ3n) is 1.35. The van der Waals surface area contributed by atoms with Crippen LogP contribution in [-0.2, 0) is 0 Å². The molecule has 0 aliphatic rings. The molecule has 1 rings (SSSR count). The number of aromatic nitrogens is 1. The van der Waals surface area contributed by atoms with Crippen molar-refractivity contribution in [1.29, 1.82) is 0 Å². The van der Waals surface area contributed by atoms with Crippen LogP contribution >= 0.6 is 0 Å². The summed E-state index contributed by atoms with van der Waals surface area (Å²) in [7, 11) is 0. The predicted molar refractivity (Wildman–Crippen MR) is 44.8 cm³/mol. The van der Waals surface area contributed by atoms with E-state index in [0.29, 0.717) is 11.8 Å². The molecule has 5 heteroatoms. The van der Waals surface area contributed by atoms with Crippen molar-refractivity contribution in [1.82, 2.24) is 4.98 Å². The first-order valence-corrected chi connectivity index (χ1v) is 3.00. The SMILES string of the molecule is Cc1cc(O)nc(O)c1C=O.[KH]. The molecule has 0 aliphatic carbocycles. The Labute approximate surface area is 112 Å². The van der Waals surface area contributed by atoms with E-state index < -0.39 is 5.88 Å². The second-order valence-electron chi connectivity index (χ2n) is 2.15. The first-order chi connectivity index (χ1) is 5.15. The van der Waals surface area contributed by atoms with Crippen LogP contribution in [0.25, 0.3) is 0 Å². The molecule has 0 radical (unpaired) electrons. The number of rotatable bonds is 1. The average Bonchev–Trinajstić information content (AvgIpc) is 1.85. The predicted octanol–water partition coefficient (Wildman–Crippen LogP) is -0.0348. The van der Waals surface area contributed by atoms with Crippen LogP contribution < -0.4 is 0 Å². The Kier molecular flexibility index (Phi) is 4.96. The summed E-state index contributed by atoms with van der Waals surface area (Å²) in [6, 6.07) is 1.31. The Hall–Kier alpha value is 0.0564. The number of aldehydes is 1. The van der Waals surface area contributed by atoms with Gasteiger partial charge in [-0.1, -0.05) is 0 Å². The van der Waals surface area contributed by atoms with Gasteiger partial charge in [0, 0.05) is 6.07 Å². The van der Waals surface area contributed by atoms with Gasteiger partial charge in [0.05, 0.1) is 5.56 Å². The molecule has 0 bridgehead atoms. The van der Waals surface area contributed by atoms with Crippen LogP contribution in [0, 0.1) is 6.92 Å². The zero-order chi connectivity index (χ0) is 8.43. The van der Waals surface area contributed by atoms with Gasteiger partial charge in [-0.3, -0.25) is 4.79 Å². The fourth-order valence-corrected chi connectivity index (χ4v) is 0.794. The summed E-state index contributed by atoms with van der Waals surface area (Å²) in [5, 5.41) is 17.8. The Balaban J connectivity index is 0.00000121. The summed E-state index contributed by atoms with van der Waals surface area (Å²) in [4.78, 5) is 13.6. The van der Waals surface area contributed by atoms with Crippen molar-refractivity contribution in [2.45, 2.75) is 6.92 Å². The molecule has 0 saturated carbocycles. The topological polar surface area (TPSA) is 70.4 Å². The van der Waals surface area contributed by atoms with Crippen molar-refractivity contribution in [2.24, 2.45) is 0 Å². The number of pyridine rings is 1. The fraction of sp³-hybridized carbons (Fsp3) is 0.143.